The van der Waals surface area contributed by atoms with Crippen molar-refractivity contribution in [2.45, 2.75) is 5.41 Å². The topological polar surface area (TPSA) is 3.24 Å². The lowest BCUT2D eigenvalue weighted by atomic mass is 9.67. The van der Waals surface area contributed by atoms with Gasteiger partial charge in [-0.3, -0.25) is 0 Å². The summed E-state index contributed by atoms with van der Waals surface area (Å²) in [5.41, 5.74) is 19.7. The Kier molecular flexibility index (Phi) is 10.3. The molecular formula is C71H47NS. The van der Waals surface area contributed by atoms with E-state index in [4.69, 9.17) is 0 Å². The van der Waals surface area contributed by atoms with E-state index in [-0.39, 0.29) is 0 Å². The second kappa shape index (κ2) is 17.6. The zero-order valence-electron chi connectivity index (χ0n) is 40.0. The van der Waals surface area contributed by atoms with Crippen LogP contribution in [0.3, 0.4) is 0 Å². The van der Waals surface area contributed by atoms with Gasteiger partial charge < -0.3 is 4.90 Å². The minimum atomic E-state index is -0.624. The first-order valence-corrected chi connectivity index (χ1v) is 26.0. The van der Waals surface area contributed by atoms with Crippen molar-refractivity contribution in [3.63, 3.8) is 0 Å². The number of rotatable bonds is 9. The Hall–Kier alpha value is -9.08. The molecule has 0 N–H and O–H groups in total. The fourth-order valence-corrected chi connectivity index (χ4v) is 13.0. The molecule has 2 heteroatoms. The van der Waals surface area contributed by atoms with Crippen LogP contribution in [-0.2, 0) is 5.41 Å². The molecule has 0 saturated heterocycles. The molecule has 13 aromatic rings. The average molecular weight is 946 g/mol. The maximum absolute atomic E-state index is 2.49. The quantitative estimate of drug-likeness (QED) is 0.139. The summed E-state index contributed by atoms with van der Waals surface area (Å²) >= 11 is 1.88. The van der Waals surface area contributed by atoms with E-state index in [0.29, 0.717) is 0 Å². The summed E-state index contributed by atoms with van der Waals surface area (Å²) in [7, 11) is 0. The summed E-state index contributed by atoms with van der Waals surface area (Å²) in [5.74, 6) is 0. The smallest absolute Gasteiger partial charge is 0.0714 e. The van der Waals surface area contributed by atoms with E-state index < -0.39 is 5.41 Å². The van der Waals surface area contributed by atoms with E-state index in [2.05, 4.69) is 290 Å². The molecule has 1 aliphatic carbocycles. The second-order valence-corrected chi connectivity index (χ2v) is 20.2. The van der Waals surface area contributed by atoms with Crippen LogP contribution in [0, 0.1) is 0 Å². The van der Waals surface area contributed by atoms with Gasteiger partial charge in [0.2, 0.25) is 0 Å². The van der Waals surface area contributed by atoms with Crippen LogP contribution in [0.25, 0.3) is 86.6 Å². The van der Waals surface area contributed by atoms with E-state index in [9.17, 15) is 0 Å². The Morgan fingerprint density at radius 1 is 0.288 bits per heavy atom. The van der Waals surface area contributed by atoms with Crippen molar-refractivity contribution in [2.24, 2.45) is 0 Å². The van der Waals surface area contributed by atoms with Crippen molar-refractivity contribution >= 4 is 59.3 Å². The molecule has 0 saturated carbocycles. The SMILES string of the molecule is c1ccc(-c2ccc(-c3ccccc3N(c3ccc(-c4cccc5c4sc4ccccc45)cc3)c3ccc4c(c3)C(c3ccccc3)(c3ccccc3)c3cc(-c5ccc6ccccc6c5)ccc3-4)cc2)cc1. The molecule has 1 heterocycles. The molecule has 1 nitrogen and oxygen atoms in total. The Labute approximate surface area is 430 Å². The summed E-state index contributed by atoms with van der Waals surface area (Å²) in [6.07, 6.45) is 0. The van der Waals surface area contributed by atoms with Gasteiger partial charge in [0.05, 0.1) is 11.1 Å². The van der Waals surface area contributed by atoms with Gasteiger partial charge in [-0.25, -0.2) is 0 Å². The van der Waals surface area contributed by atoms with Crippen molar-refractivity contribution in [3.05, 3.63) is 307 Å². The van der Waals surface area contributed by atoms with Crippen LogP contribution in [0.5, 0.6) is 0 Å². The third-order valence-corrected chi connectivity index (χ3v) is 16.4. The van der Waals surface area contributed by atoms with Gasteiger partial charge in [0.15, 0.2) is 0 Å². The Morgan fingerprint density at radius 3 is 1.56 bits per heavy atom. The molecule has 0 bridgehead atoms. The van der Waals surface area contributed by atoms with Gasteiger partial charge in [0.1, 0.15) is 0 Å². The van der Waals surface area contributed by atoms with Crippen molar-refractivity contribution in [2.75, 3.05) is 4.90 Å². The third kappa shape index (κ3) is 7.13. The maximum atomic E-state index is 2.49. The van der Waals surface area contributed by atoms with E-state index in [1.54, 1.807) is 0 Å². The summed E-state index contributed by atoms with van der Waals surface area (Å²) in [5, 5.41) is 5.10. The molecule has 1 aliphatic rings. The highest BCUT2D eigenvalue weighted by Crippen LogP contribution is 2.58. The molecule has 0 radical (unpaired) electrons. The molecule has 342 valence electrons. The van der Waals surface area contributed by atoms with E-state index in [0.717, 1.165) is 28.2 Å². The van der Waals surface area contributed by atoms with Gasteiger partial charge in [-0.2, -0.15) is 0 Å². The standard InChI is InChI=1S/C71H47NS/c1-4-17-48(18-5-1)50-31-34-51(35-32-50)60-25-12-14-29-68(60)72(58-40-37-52(38-41-58)61-27-16-28-65-64-26-13-15-30-69(64)73-70(61)65)59-42-44-63-62-43-39-55(54-36-33-49-19-10-11-20-53(49)45-54)46-66(62)71(67(63)47-59,56-21-6-2-7-22-56)57-23-8-3-9-24-57/h1-47H. The molecule has 0 unspecified atom stereocenters. The summed E-state index contributed by atoms with van der Waals surface area (Å²) < 4.78 is 2.63. The lowest BCUT2D eigenvalue weighted by molar-refractivity contribution is 0.768. The lowest BCUT2D eigenvalue weighted by Crippen LogP contribution is -2.28. The number of nitrogens with zero attached hydrogens (tertiary/aromatic N) is 1. The zero-order chi connectivity index (χ0) is 48.3. The Balaban J connectivity index is 0.977. The molecule has 14 rings (SSSR count). The molecule has 12 aromatic carbocycles. The minimum Gasteiger partial charge on any atom is -0.310 e. The number of thiophene rings is 1. The van der Waals surface area contributed by atoms with Gasteiger partial charge in [-0.05, 0) is 132 Å². The predicted molar refractivity (Wildman–Crippen MR) is 311 cm³/mol. The summed E-state index contributed by atoms with van der Waals surface area (Å²) in [6.45, 7) is 0. The first-order chi connectivity index (χ1) is 36.2. The van der Waals surface area contributed by atoms with Crippen molar-refractivity contribution in [1.29, 1.82) is 0 Å². The van der Waals surface area contributed by atoms with Crippen LogP contribution in [0.2, 0.25) is 0 Å². The molecule has 73 heavy (non-hydrogen) atoms. The monoisotopic (exact) mass is 945 g/mol. The number of hydrogen-bond acceptors (Lipinski definition) is 2. The Morgan fingerprint density at radius 2 is 0.795 bits per heavy atom. The van der Waals surface area contributed by atoms with Crippen LogP contribution in [0.1, 0.15) is 22.3 Å². The van der Waals surface area contributed by atoms with Gasteiger partial charge >= 0.3 is 0 Å². The zero-order valence-corrected chi connectivity index (χ0v) is 40.8. The second-order valence-electron chi connectivity index (χ2n) is 19.2. The molecule has 1 aromatic heterocycles. The first-order valence-electron chi connectivity index (χ1n) is 25.1. The van der Waals surface area contributed by atoms with Crippen LogP contribution in [-0.4, -0.2) is 0 Å². The molecule has 0 atom stereocenters. The fourth-order valence-electron chi connectivity index (χ4n) is 11.7. The van der Waals surface area contributed by atoms with Gasteiger partial charge in [-0.15, -0.1) is 11.3 Å². The molecule has 0 fully saturated rings. The first kappa shape index (κ1) is 42.8. The van der Waals surface area contributed by atoms with Gasteiger partial charge in [-0.1, -0.05) is 237 Å². The van der Waals surface area contributed by atoms with Gasteiger partial charge in [0, 0.05) is 37.1 Å². The number of hydrogen-bond donors (Lipinski definition) is 0. The average Bonchev–Trinajstić information content (AvgIpc) is 4.05. The normalized spacial score (nSPS) is 12.5. The number of benzene rings is 12. The number of fused-ring (bicyclic) bond motifs is 7. The molecule has 0 amide bonds. The number of anilines is 3. The maximum Gasteiger partial charge on any atom is 0.0714 e. The molecule has 0 aliphatic heterocycles. The van der Waals surface area contributed by atoms with E-state index in [1.807, 2.05) is 11.3 Å². The van der Waals surface area contributed by atoms with Crippen LogP contribution >= 0.6 is 11.3 Å². The van der Waals surface area contributed by atoms with E-state index in [1.165, 1.54) is 97.7 Å². The largest absolute Gasteiger partial charge is 0.310 e. The highest BCUT2D eigenvalue weighted by Gasteiger charge is 2.46. The summed E-state index contributed by atoms with van der Waals surface area (Å²) in [6, 6.07) is 106. The highest BCUT2D eigenvalue weighted by atomic mass is 32.1. The van der Waals surface area contributed by atoms with Crippen LogP contribution < -0.4 is 4.90 Å². The third-order valence-electron chi connectivity index (χ3n) is 15.2. The van der Waals surface area contributed by atoms with Gasteiger partial charge in [0.25, 0.3) is 0 Å². The minimum absolute atomic E-state index is 0.624. The van der Waals surface area contributed by atoms with Crippen molar-refractivity contribution in [1.82, 2.24) is 0 Å². The van der Waals surface area contributed by atoms with E-state index >= 15 is 0 Å². The highest BCUT2D eigenvalue weighted by molar-refractivity contribution is 7.26. The fraction of sp³-hybridized carbons (Fsp3) is 0.0141. The van der Waals surface area contributed by atoms with Crippen molar-refractivity contribution < 1.29 is 0 Å². The van der Waals surface area contributed by atoms with Crippen LogP contribution in [0.15, 0.2) is 285 Å². The summed E-state index contributed by atoms with van der Waals surface area (Å²) in [4.78, 5) is 2.48. The molecular weight excluding hydrogens is 899 g/mol. The number of para-hydroxylation sites is 1. The lowest BCUT2D eigenvalue weighted by Gasteiger charge is -2.35. The Bertz CT molecular complexity index is 4130. The van der Waals surface area contributed by atoms with Crippen molar-refractivity contribution in [3.8, 4) is 55.6 Å². The predicted octanol–water partition coefficient (Wildman–Crippen LogP) is 19.7. The molecule has 0 spiro atoms. The van der Waals surface area contributed by atoms with Crippen LogP contribution in [0.4, 0.5) is 17.1 Å².